The minimum Gasteiger partial charge on any atom is -0.481 e. The Hall–Kier alpha value is -3.64. The Morgan fingerprint density at radius 2 is 1.55 bits per heavy atom. The van der Waals surface area contributed by atoms with Gasteiger partial charge in [0.1, 0.15) is 0 Å². The van der Waals surface area contributed by atoms with Crippen LogP contribution in [0.15, 0.2) is 66.7 Å². The molecule has 0 aromatic heterocycles. The average Bonchev–Trinajstić information content (AvgIpc) is 2.75. The van der Waals surface area contributed by atoms with Crippen LogP contribution < -0.4 is 5.32 Å². The van der Waals surface area contributed by atoms with Gasteiger partial charge in [-0.15, -0.1) is 0 Å². The van der Waals surface area contributed by atoms with E-state index in [2.05, 4.69) is 5.32 Å². The molecule has 3 N–H and O–H groups in total. The summed E-state index contributed by atoms with van der Waals surface area (Å²) in [5.74, 6) is -2.38. The number of carboxylic acids is 2. The summed E-state index contributed by atoms with van der Waals surface area (Å²) in [7, 11) is 0. The summed E-state index contributed by atoms with van der Waals surface area (Å²) in [4.78, 5) is 35.7. The van der Waals surface area contributed by atoms with Gasteiger partial charge in [0.05, 0.1) is 12.8 Å². The first-order chi connectivity index (χ1) is 15.7. The van der Waals surface area contributed by atoms with Gasteiger partial charge >= 0.3 is 11.9 Å². The van der Waals surface area contributed by atoms with E-state index in [1.807, 2.05) is 25.1 Å². The second-order valence-electron chi connectivity index (χ2n) is 7.82. The van der Waals surface area contributed by atoms with Crippen molar-refractivity contribution in [2.75, 3.05) is 0 Å². The second-order valence-corrected chi connectivity index (χ2v) is 8.23. The summed E-state index contributed by atoms with van der Waals surface area (Å²) in [6, 6.07) is 18.8. The first kappa shape index (κ1) is 24.0. The van der Waals surface area contributed by atoms with Crippen LogP contribution in [0.3, 0.4) is 0 Å². The Morgan fingerprint density at radius 3 is 2.21 bits per heavy atom. The van der Waals surface area contributed by atoms with Crippen molar-refractivity contribution in [1.29, 1.82) is 0 Å². The number of rotatable bonds is 9. The van der Waals surface area contributed by atoms with E-state index in [1.165, 1.54) is 0 Å². The van der Waals surface area contributed by atoms with Gasteiger partial charge in [-0.3, -0.25) is 14.4 Å². The lowest BCUT2D eigenvalue weighted by molar-refractivity contribution is -0.138. The highest BCUT2D eigenvalue weighted by Gasteiger charge is 2.20. The topological polar surface area (TPSA) is 104 Å². The van der Waals surface area contributed by atoms with E-state index >= 15 is 0 Å². The van der Waals surface area contributed by atoms with E-state index in [9.17, 15) is 24.6 Å². The molecule has 1 amide bonds. The van der Waals surface area contributed by atoms with Crippen LogP contribution in [-0.2, 0) is 22.4 Å². The van der Waals surface area contributed by atoms with Gasteiger partial charge in [0, 0.05) is 16.6 Å². The number of aliphatic carboxylic acids is 2. The number of aryl methyl sites for hydroxylation is 1. The van der Waals surface area contributed by atoms with Crippen LogP contribution in [0.2, 0.25) is 5.02 Å². The molecule has 3 aromatic carbocycles. The molecule has 0 aliphatic heterocycles. The largest absolute Gasteiger partial charge is 0.481 e. The summed E-state index contributed by atoms with van der Waals surface area (Å²) in [5.41, 5.74) is 4.13. The van der Waals surface area contributed by atoms with Crippen molar-refractivity contribution in [3.05, 3.63) is 94.0 Å². The maximum absolute atomic E-state index is 13.0. The molecule has 0 saturated carbocycles. The summed E-state index contributed by atoms with van der Waals surface area (Å²) in [6.07, 6.45) is -0.112. The minimum atomic E-state index is -1.03. The molecule has 0 aliphatic rings. The lowest BCUT2D eigenvalue weighted by Gasteiger charge is -2.19. The Labute approximate surface area is 196 Å². The van der Waals surface area contributed by atoms with Crippen molar-refractivity contribution in [2.24, 2.45) is 0 Å². The predicted molar refractivity (Wildman–Crippen MR) is 127 cm³/mol. The zero-order chi connectivity index (χ0) is 24.0. The molecule has 0 bridgehead atoms. The molecule has 0 aliphatic carbocycles. The molecule has 0 spiro atoms. The van der Waals surface area contributed by atoms with E-state index in [0.717, 1.165) is 22.3 Å². The van der Waals surface area contributed by atoms with Gasteiger partial charge in [-0.1, -0.05) is 60.1 Å². The van der Waals surface area contributed by atoms with E-state index in [4.69, 9.17) is 11.6 Å². The molecule has 3 rings (SSSR count). The Kier molecular flexibility index (Phi) is 7.85. The van der Waals surface area contributed by atoms with Crippen LogP contribution in [0.1, 0.15) is 33.5 Å². The Morgan fingerprint density at radius 1 is 0.879 bits per heavy atom. The van der Waals surface area contributed by atoms with Crippen molar-refractivity contribution >= 4 is 29.4 Å². The van der Waals surface area contributed by atoms with Crippen molar-refractivity contribution in [3.8, 4) is 11.1 Å². The fraction of sp³-hybridized carbons (Fsp3) is 0.192. The Balaban J connectivity index is 1.88. The van der Waals surface area contributed by atoms with Gasteiger partial charge in [0.2, 0.25) is 0 Å². The third-order valence-electron chi connectivity index (χ3n) is 5.33. The minimum absolute atomic E-state index is 0.134. The second kappa shape index (κ2) is 10.8. The zero-order valence-corrected chi connectivity index (χ0v) is 18.8. The van der Waals surface area contributed by atoms with Gasteiger partial charge in [0.15, 0.2) is 0 Å². The molecule has 0 radical (unpaired) electrons. The molecule has 33 heavy (non-hydrogen) atoms. The molecule has 7 heteroatoms. The van der Waals surface area contributed by atoms with Gasteiger partial charge in [-0.25, -0.2) is 0 Å². The third kappa shape index (κ3) is 6.43. The van der Waals surface area contributed by atoms with Crippen LogP contribution in [0, 0.1) is 6.92 Å². The van der Waals surface area contributed by atoms with Crippen molar-refractivity contribution in [2.45, 2.75) is 32.2 Å². The lowest BCUT2D eigenvalue weighted by Crippen LogP contribution is -2.38. The number of carbonyl (C=O) groups is 3. The molecule has 0 saturated heterocycles. The molecule has 1 atom stereocenters. The van der Waals surface area contributed by atoms with Crippen molar-refractivity contribution in [1.82, 2.24) is 5.32 Å². The monoisotopic (exact) mass is 465 g/mol. The first-order valence-corrected chi connectivity index (χ1v) is 10.8. The van der Waals surface area contributed by atoms with Gasteiger partial charge in [-0.2, -0.15) is 0 Å². The third-order valence-corrected chi connectivity index (χ3v) is 5.70. The number of hydrogen-bond donors (Lipinski definition) is 3. The standard InChI is InChI=1S/C26H24ClNO5/c1-16-10-11-19(13-22(16)21-8-4-2-6-17(21)14-24(29)30)26(33)28-20(15-25(31)32)12-18-7-3-5-9-23(18)27/h2-11,13,20H,12,14-15H2,1H3,(H,28,33)(H,29,30)(H,31,32)/t20-/m1/s1. The van der Waals surface area contributed by atoms with Crippen LogP contribution in [0.25, 0.3) is 11.1 Å². The number of halogens is 1. The number of carboxylic acid groups (broad SMARTS) is 2. The molecule has 0 heterocycles. The SMILES string of the molecule is Cc1ccc(C(=O)N[C@@H](CC(=O)O)Cc2ccccc2Cl)cc1-c1ccccc1CC(=O)O. The maximum Gasteiger partial charge on any atom is 0.307 e. The highest BCUT2D eigenvalue weighted by atomic mass is 35.5. The maximum atomic E-state index is 13.0. The average molecular weight is 466 g/mol. The van der Waals surface area contributed by atoms with E-state index < -0.39 is 23.9 Å². The molecule has 170 valence electrons. The number of benzene rings is 3. The van der Waals surface area contributed by atoms with Gasteiger partial charge < -0.3 is 15.5 Å². The predicted octanol–water partition coefficient (Wildman–Crippen LogP) is 4.76. The molecule has 0 fully saturated rings. The molecular formula is C26H24ClNO5. The summed E-state index contributed by atoms with van der Waals surface area (Å²) >= 11 is 6.21. The Bertz CT molecular complexity index is 1190. The summed E-state index contributed by atoms with van der Waals surface area (Å²) in [5, 5.41) is 21.9. The number of nitrogens with one attached hydrogen (secondary N) is 1. The van der Waals surface area contributed by atoms with Crippen molar-refractivity contribution in [3.63, 3.8) is 0 Å². The zero-order valence-electron chi connectivity index (χ0n) is 18.0. The van der Waals surface area contributed by atoms with Gasteiger partial charge in [0.25, 0.3) is 5.91 Å². The highest BCUT2D eigenvalue weighted by molar-refractivity contribution is 6.31. The van der Waals surface area contributed by atoms with Crippen LogP contribution >= 0.6 is 11.6 Å². The molecule has 0 unspecified atom stereocenters. The lowest BCUT2D eigenvalue weighted by atomic mass is 9.93. The molecular weight excluding hydrogens is 442 g/mol. The summed E-state index contributed by atoms with van der Waals surface area (Å²) in [6.45, 7) is 1.89. The highest BCUT2D eigenvalue weighted by Crippen LogP contribution is 2.28. The van der Waals surface area contributed by atoms with E-state index in [-0.39, 0.29) is 19.3 Å². The molecule has 6 nitrogen and oxygen atoms in total. The fourth-order valence-electron chi connectivity index (χ4n) is 3.74. The number of amides is 1. The van der Waals surface area contributed by atoms with Crippen molar-refractivity contribution < 1.29 is 24.6 Å². The molecule has 3 aromatic rings. The quantitative estimate of drug-likeness (QED) is 0.422. The van der Waals surface area contributed by atoms with E-state index in [1.54, 1.807) is 48.5 Å². The fourth-order valence-corrected chi connectivity index (χ4v) is 3.95. The van der Waals surface area contributed by atoms with Gasteiger partial charge in [-0.05, 0) is 59.4 Å². The first-order valence-electron chi connectivity index (χ1n) is 10.4. The normalized spacial score (nSPS) is 11.6. The summed E-state index contributed by atoms with van der Waals surface area (Å²) < 4.78 is 0. The smallest absolute Gasteiger partial charge is 0.307 e. The number of hydrogen-bond acceptors (Lipinski definition) is 3. The van der Waals surface area contributed by atoms with E-state index in [0.29, 0.717) is 16.1 Å². The number of carbonyl (C=O) groups excluding carboxylic acids is 1. The van der Waals surface area contributed by atoms with Crippen LogP contribution in [0.5, 0.6) is 0 Å². The van der Waals surface area contributed by atoms with Crippen LogP contribution in [0.4, 0.5) is 0 Å². The van der Waals surface area contributed by atoms with Crippen LogP contribution in [-0.4, -0.2) is 34.1 Å².